The monoisotopic (exact) mass is 415 g/mol. The molecule has 2 atom stereocenters. The van der Waals surface area contributed by atoms with Crippen molar-refractivity contribution in [1.82, 2.24) is 5.32 Å². The highest BCUT2D eigenvalue weighted by molar-refractivity contribution is 6.14. The quantitative estimate of drug-likeness (QED) is 0.438. The first-order valence-corrected chi connectivity index (χ1v) is 10.2. The molecule has 0 fully saturated rings. The summed E-state index contributed by atoms with van der Waals surface area (Å²) in [5, 5.41) is 2.82. The molecule has 31 heavy (non-hydrogen) atoms. The molecule has 5 nitrogen and oxygen atoms in total. The number of ketones is 1. The number of nitrogens with one attached hydrogen (secondary N) is 1. The number of esters is 1. The lowest BCUT2D eigenvalue weighted by Gasteiger charge is -2.17. The maximum absolute atomic E-state index is 12.8. The van der Waals surface area contributed by atoms with Crippen molar-refractivity contribution in [2.75, 3.05) is 6.54 Å². The molecule has 0 radical (unpaired) electrons. The van der Waals surface area contributed by atoms with E-state index in [1.165, 1.54) is 13.0 Å². The van der Waals surface area contributed by atoms with E-state index in [0.29, 0.717) is 12.1 Å². The van der Waals surface area contributed by atoms with Crippen molar-refractivity contribution in [2.24, 2.45) is 0 Å². The fourth-order valence-electron chi connectivity index (χ4n) is 3.18. The van der Waals surface area contributed by atoms with E-state index in [-0.39, 0.29) is 28.7 Å². The van der Waals surface area contributed by atoms with E-state index in [9.17, 15) is 14.4 Å². The lowest BCUT2D eigenvalue weighted by Crippen LogP contribution is -2.37. The Balaban J connectivity index is 1.63. The summed E-state index contributed by atoms with van der Waals surface area (Å²) in [6.45, 7) is 3.95. The summed E-state index contributed by atoms with van der Waals surface area (Å²) in [6, 6.07) is 25.0. The van der Waals surface area contributed by atoms with Crippen LogP contribution in [0, 0.1) is 0 Å². The van der Waals surface area contributed by atoms with Crippen LogP contribution in [0.1, 0.15) is 51.6 Å². The standard InChI is InChI=1S/C26H25NO4/c1-18(20-11-5-3-6-12-20)17-27-25(29)19(2)31-26(30)23-16-10-9-15-22(23)24(28)21-13-7-4-8-14-21/h3-16,18-19H,17H2,1-2H3,(H,27,29)/t18-,19-/m1/s1. The minimum atomic E-state index is -0.990. The maximum atomic E-state index is 12.8. The molecule has 0 bridgehead atoms. The average Bonchev–Trinajstić information content (AvgIpc) is 2.82. The van der Waals surface area contributed by atoms with Crippen LogP contribution in [0.5, 0.6) is 0 Å². The third kappa shape index (κ3) is 5.66. The number of hydrogen-bond acceptors (Lipinski definition) is 4. The number of benzene rings is 3. The fraction of sp³-hybridized carbons (Fsp3) is 0.192. The van der Waals surface area contributed by atoms with Gasteiger partial charge in [-0.15, -0.1) is 0 Å². The number of hydrogen-bond donors (Lipinski definition) is 1. The highest BCUT2D eigenvalue weighted by Gasteiger charge is 2.23. The summed E-state index contributed by atoms with van der Waals surface area (Å²) in [5.41, 5.74) is 1.96. The average molecular weight is 415 g/mol. The Morgan fingerprint density at radius 2 is 1.32 bits per heavy atom. The van der Waals surface area contributed by atoms with E-state index in [1.54, 1.807) is 42.5 Å². The van der Waals surface area contributed by atoms with Gasteiger partial charge in [-0.1, -0.05) is 85.8 Å². The second-order valence-electron chi connectivity index (χ2n) is 7.35. The van der Waals surface area contributed by atoms with Crippen molar-refractivity contribution in [3.8, 4) is 0 Å². The number of carbonyl (C=O) groups is 3. The molecule has 3 rings (SSSR count). The van der Waals surface area contributed by atoms with Crippen molar-refractivity contribution in [3.63, 3.8) is 0 Å². The Hall–Kier alpha value is -3.73. The topological polar surface area (TPSA) is 72.5 Å². The van der Waals surface area contributed by atoms with Gasteiger partial charge in [0.15, 0.2) is 11.9 Å². The van der Waals surface area contributed by atoms with Gasteiger partial charge < -0.3 is 10.1 Å². The molecule has 0 aromatic heterocycles. The van der Waals surface area contributed by atoms with E-state index in [1.807, 2.05) is 43.3 Å². The minimum absolute atomic E-state index is 0.122. The zero-order valence-electron chi connectivity index (χ0n) is 17.6. The van der Waals surface area contributed by atoms with Crippen molar-refractivity contribution in [2.45, 2.75) is 25.9 Å². The maximum Gasteiger partial charge on any atom is 0.339 e. The third-order valence-corrected chi connectivity index (χ3v) is 5.03. The van der Waals surface area contributed by atoms with Crippen molar-refractivity contribution in [3.05, 3.63) is 107 Å². The van der Waals surface area contributed by atoms with Crippen LogP contribution in [0.25, 0.3) is 0 Å². The molecule has 0 aliphatic carbocycles. The van der Waals surface area contributed by atoms with Crippen molar-refractivity contribution < 1.29 is 19.1 Å². The van der Waals surface area contributed by atoms with E-state index >= 15 is 0 Å². The zero-order chi connectivity index (χ0) is 22.2. The fourth-order valence-corrected chi connectivity index (χ4v) is 3.18. The highest BCUT2D eigenvalue weighted by Crippen LogP contribution is 2.17. The molecule has 158 valence electrons. The first-order chi connectivity index (χ1) is 15.0. The number of rotatable bonds is 8. The Kier molecular flexibility index (Phi) is 7.33. The van der Waals surface area contributed by atoms with Crippen LogP contribution in [-0.4, -0.2) is 30.3 Å². The summed E-state index contributed by atoms with van der Waals surface area (Å²) in [7, 11) is 0. The summed E-state index contributed by atoms with van der Waals surface area (Å²) in [4.78, 5) is 38.0. The van der Waals surface area contributed by atoms with Crippen LogP contribution in [0.15, 0.2) is 84.9 Å². The second kappa shape index (κ2) is 10.3. The predicted octanol–water partition coefficient (Wildman–Crippen LogP) is 4.38. The lowest BCUT2D eigenvalue weighted by molar-refractivity contribution is -0.129. The Morgan fingerprint density at radius 1 is 0.774 bits per heavy atom. The van der Waals surface area contributed by atoms with Gasteiger partial charge in [0, 0.05) is 17.7 Å². The van der Waals surface area contributed by atoms with Crippen LogP contribution in [-0.2, 0) is 9.53 Å². The van der Waals surface area contributed by atoms with Gasteiger partial charge in [-0.05, 0) is 24.5 Å². The normalized spacial score (nSPS) is 12.5. The highest BCUT2D eigenvalue weighted by atomic mass is 16.5. The van der Waals surface area contributed by atoms with Crippen LogP contribution in [0.2, 0.25) is 0 Å². The molecule has 0 aliphatic heterocycles. The molecule has 0 saturated carbocycles. The molecule has 3 aromatic rings. The van der Waals surface area contributed by atoms with Crippen LogP contribution >= 0.6 is 0 Å². The summed E-state index contributed by atoms with van der Waals surface area (Å²) in [5.74, 6) is -1.25. The van der Waals surface area contributed by atoms with Crippen LogP contribution < -0.4 is 5.32 Å². The molecule has 1 N–H and O–H groups in total. The second-order valence-corrected chi connectivity index (χ2v) is 7.35. The largest absolute Gasteiger partial charge is 0.449 e. The molecule has 0 unspecified atom stereocenters. The van der Waals surface area contributed by atoms with E-state index in [0.717, 1.165) is 5.56 Å². The lowest BCUT2D eigenvalue weighted by atomic mass is 9.98. The Morgan fingerprint density at radius 3 is 1.97 bits per heavy atom. The number of ether oxygens (including phenoxy) is 1. The van der Waals surface area contributed by atoms with Crippen molar-refractivity contribution >= 4 is 17.7 Å². The van der Waals surface area contributed by atoms with Gasteiger partial charge in [0.25, 0.3) is 5.91 Å². The molecule has 0 saturated heterocycles. The number of carbonyl (C=O) groups excluding carboxylic acids is 3. The van der Waals surface area contributed by atoms with Gasteiger partial charge in [-0.25, -0.2) is 4.79 Å². The van der Waals surface area contributed by atoms with Gasteiger partial charge >= 0.3 is 5.97 Å². The summed E-state index contributed by atoms with van der Waals surface area (Å²) < 4.78 is 5.36. The van der Waals surface area contributed by atoms with E-state index in [2.05, 4.69) is 5.32 Å². The molecule has 1 amide bonds. The smallest absolute Gasteiger partial charge is 0.339 e. The van der Waals surface area contributed by atoms with Crippen molar-refractivity contribution in [1.29, 1.82) is 0 Å². The molecule has 0 spiro atoms. The van der Waals surface area contributed by atoms with Gasteiger partial charge in [0.1, 0.15) is 0 Å². The van der Waals surface area contributed by atoms with Gasteiger partial charge in [-0.3, -0.25) is 9.59 Å². The van der Waals surface area contributed by atoms with Crippen LogP contribution in [0.4, 0.5) is 0 Å². The Bertz CT molecular complexity index is 1050. The molecule has 0 aliphatic rings. The Labute approximate surface area is 182 Å². The number of amides is 1. The van der Waals surface area contributed by atoms with E-state index < -0.39 is 12.1 Å². The van der Waals surface area contributed by atoms with Gasteiger partial charge in [0.05, 0.1) is 5.56 Å². The first-order valence-electron chi connectivity index (χ1n) is 10.2. The van der Waals surface area contributed by atoms with E-state index in [4.69, 9.17) is 4.74 Å². The molecular formula is C26H25NO4. The predicted molar refractivity (Wildman–Crippen MR) is 119 cm³/mol. The molecular weight excluding hydrogens is 390 g/mol. The SMILES string of the molecule is C[C@H](CNC(=O)[C@@H](C)OC(=O)c1ccccc1C(=O)c1ccccc1)c1ccccc1. The third-order valence-electron chi connectivity index (χ3n) is 5.03. The summed E-state index contributed by atoms with van der Waals surface area (Å²) in [6.07, 6.45) is -0.990. The van der Waals surface area contributed by atoms with Gasteiger partial charge in [0.2, 0.25) is 0 Å². The van der Waals surface area contributed by atoms with Gasteiger partial charge in [-0.2, -0.15) is 0 Å². The van der Waals surface area contributed by atoms with Crippen LogP contribution in [0.3, 0.4) is 0 Å². The minimum Gasteiger partial charge on any atom is -0.449 e. The molecule has 3 aromatic carbocycles. The zero-order valence-corrected chi connectivity index (χ0v) is 17.6. The first kappa shape index (κ1) is 22.0. The molecule has 0 heterocycles. The summed E-state index contributed by atoms with van der Waals surface area (Å²) >= 11 is 0. The molecule has 5 heteroatoms.